The van der Waals surface area contributed by atoms with Crippen molar-refractivity contribution in [2.24, 2.45) is 0 Å². The Labute approximate surface area is 134 Å². The van der Waals surface area contributed by atoms with Gasteiger partial charge in [0.1, 0.15) is 0 Å². The van der Waals surface area contributed by atoms with Gasteiger partial charge in [0.2, 0.25) is 0 Å². The third-order valence-electron chi connectivity index (χ3n) is 4.04. The van der Waals surface area contributed by atoms with Crippen molar-refractivity contribution in [1.29, 1.82) is 0 Å². The second-order valence-electron chi connectivity index (χ2n) is 5.67. The molecule has 1 fully saturated rings. The van der Waals surface area contributed by atoms with Crippen LogP contribution in [-0.2, 0) is 6.54 Å². The highest BCUT2D eigenvalue weighted by atomic mass is 35.5. The molecule has 0 spiro atoms. The fraction of sp³-hybridized carbons (Fsp3) is 0.222. The fourth-order valence-electron chi connectivity index (χ4n) is 2.82. The Bertz CT molecular complexity index is 800. The van der Waals surface area contributed by atoms with Crippen molar-refractivity contribution in [3.8, 4) is 0 Å². The first-order valence-electron chi connectivity index (χ1n) is 7.52. The minimum Gasteiger partial charge on any atom is -0.362 e. The molecule has 1 aromatic carbocycles. The highest BCUT2D eigenvalue weighted by Crippen LogP contribution is 2.36. The molecule has 0 amide bonds. The van der Waals surface area contributed by atoms with Crippen LogP contribution in [0.3, 0.4) is 0 Å². The quantitative estimate of drug-likeness (QED) is 0.713. The summed E-state index contributed by atoms with van der Waals surface area (Å²) in [7, 11) is 0. The zero-order valence-electron chi connectivity index (χ0n) is 12.1. The maximum Gasteiger partial charge on any atom is 0.0737 e. The van der Waals surface area contributed by atoms with Crippen LogP contribution in [0.4, 0.5) is 5.69 Å². The monoisotopic (exact) mass is 309 g/mol. The van der Waals surface area contributed by atoms with Crippen molar-refractivity contribution in [3.63, 3.8) is 0 Å². The molecule has 4 rings (SSSR count). The van der Waals surface area contributed by atoms with E-state index in [0.29, 0.717) is 6.04 Å². The summed E-state index contributed by atoms with van der Waals surface area (Å²) in [6, 6.07) is 14.7. The minimum atomic E-state index is 0.600. The zero-order chi connectivity index (χ0) is 14.9. The molecule has 0 N–H and O–H groups in total. The third-order valence-corrected chi connectivity index (χ3v) is 4.27. The van der Waals surface area contributed by atoms with E-state index in [1.807, 2.05) is 36.7 Å². The summed E-state index contributed by atoms with van der Waals surface area (Å²) in [5, 5.41) is 1.87. The van der Waals surface area contributed by atoms with Crippen LogP contribution in [0.25, 0.3) is 10.9 Å². The van der Waals surface area contributed by atoms with Gasteiger partial charge >= 0.3 is 0 Å². The SMILES string of the molecule is Clc1ccc2c(N(Cc3ccccn3)C3CC3)ccnc2c1. The molecule has 1 saturated carbocycles. The van der Waals surface area contributed by atoms with Crippen LogP contribution in [0.5, 0.6) is 0 Å². The molecule has 0 aliphatic heterocycles. The number of aromatic nitrogens is 2. The smallest absolute Gasteiger partial charge is 0.0737 e. The maximum atomic E-state index is 6.09. The molecule has 0 bridgehead atoms. The van der Waals surface area contributed by atoms with E-state index in [1.54, 1.807) is 0 Å². The zero-order valence-corrected chi connectivity index (χ0v) is 12.9. The van der Waals surface area contributed by atoms with Crippen LogP contribution in [0.15, 0.2) is 54.9 Å². The van der Waals surface area contributed by atoms with Crippen LogP contribution < -0.4 is 4.90 Å². The van der Waals surface area contributed by atoms with Crippen molar-refractivity contribution < 1.29 is 0 Å². The van der Waals surface area contributed by atoms with E-state index < -0.39 is 0 Å². The van der Waals surface area contributed by atoms with E-state index >= 15 is 0 Å². The average molecular weight is 310 g/mol. The second kappa shape index (κ2) is 5.58. The predicted molar refractivity (Wildman–Crippen MR) is 90.2 cm³/mol. The predicted octanol–water partition coefficient (Wildman–Crippen LogP) is 4.45. The molecule has 1 aliphatic rings. The Balaban J connectivity index is 1.77. The number of rotatable bonds is 4. The molecule has 4 heteroatoms. The van der Waals surface area contributed by atoms with Gasteiger partial charge in [-0.15, -0.1) is 0 Å². The van der Waals surface area contributed by atoms with Gasteiger partial charge in [-0.05, 0) is 49.2 Å². The standard InChI is InChI=1S/C18H16ClN3/c19-13-4-7-16-17(11-13)21-10-8-18(16)22(15-5-6-15)12-14-3-1-2-9-20-14/h1-4,7-11,15H,5-6,12H2. The number of fused-ring (bicyclic) bond motifs is 1. The lowest BCUT2D eigenvalue weighted by molar-refractivity contribution is 0.779. The largest absolute Gasteiger partial charge is 0.362 e. The number of hydrogen-bond acceptors (Lipinski definition) is 3. The Hall–Kier alpha value is -2.13. The van der Waals surface area contributed by atoms with Crippen molar-refractivity contribution in [3.05, 3.63) is 65.6 Å². The molecule has 1 aliphatic carbocycles. The van der Waals surface area contributed by atoms with E-state index in [-0.39, 0.29) is 0 Å². The summed E-state index contributed by atoms with van der Waals surface area (Å²) in [6.07, 6.45) is 6.20. The van der Waals surface area contributed by atoms with Gasteiger partial charge in [-0.2, -0.15) is 0 Å². The van der Waals surface area contributed by atoms with E-state index in [1.165, 1.54) is 18.5 Å². The number of halogens is 1. The topological polar surface area (TPSA) is 29.0 Å². The van der Waals surface area contributed by atoms with Crippen molar-refractivity contribution in [2.75, 3.05) is 4.90 Å². The summed E-state index contributed by atoms with van der Waals surface area (Å²) in [6.45, 7) is 0.827. The van der Waals surface area contributed by atoms with Gasteiger partial charge in [-0.3, -0.25) is 9.97 Å². The molecule has 2 heterocycles. The normalized spacial score (nSPS) is 14.2. The average Bonchev–Trinajstić information content (AvgIpc) is 3.38. The molecule has 22 heavy (non-hydrogen) atoms. The Kier molecular flexibility index (Phi) is 3.43. The van der Waals surface area contributed by atoms with Gasteiger partial charge in [0.15, 0.2) is 0 Å². The first-order valence-corrected chi connectivity index (χ1v) is 7.90. The van der Waals surface area contributed by atoms with E-state index in [2.05, 4.69) is 33.1 Å². The van der Waals surface area contributed by atoms with Crippen molar-refractivity contribution in [1.82, 2.24) is 9.97 Å². The number of anilines is 1. The van der Waals surface area contributed by atoms with Crippen LogP contribution in [0.1, 0.15) is 18.5 Å². The number of nitrogens with zero attached hydrogens (tertiary/aromatic N) is 3. The van der Waals surface area contributed by atoms with E-state index in [0.717, 1.165) is 28.2 Å². The lowest BCUT2D eigenvalue weighted by Gasteiger charge is -2.25. The van der Waals surface area contributed by atoms with Gasteiger partial charge in [-0.1, -0.05) is 17.7 Å². The first kappa shape index (κ1) is 13.5. The second-order valence-corrected chi connectivity index (χ2v) is 6.11. The molecule has 2 aromatic heterocycles. The highest BCUT2D eigenvalue weighted by molar-refractivity contribution is 6.31. The third kappa shape index (κ3) is 2.64. The Morgan fingerprint density at radius 1 is 1.05 bits per heavy atom. The van der Waals surface area contributed by atoms with Gasteiger partial charge in [0, 0.05) is 34.5 Å². The van der Waals surface area contributed by atoms with Crippen LogP contribution >= 0.6 is 11.6 Å². The summed E-state index contributed by atoms with van der Waals surface area (Å²) in [5.74, 6) is 0. The number of hydrogen-bond donors (Lipinski definition) is 0. The molecule has 0 atom stereocenters. The highest BCUT2D eigenvalue weighted by Gasteiger charge is 2.30. The maximum absolute atomic E-state index is 6.09. The fourth-order valence-corrected chi connectivity index (χ4v) is 2.99. The molecular formula is C18H16ClN3. The van der Waals surface area contributed by atoms with Gasteiger partial charge in [-0.25, -0.2) is 0 Å². The molecule has 3 nitrogen and oxygen atoms in total. The molecule has 3 aromatic rings. The summed E-state index contributed by atoms with van der Waals surface area (Å²) in [4.78, 5) is 11.4. The van der Waals surface area contributed by atoms with Crippen molar-refractivity contribution >= 4 is 28.2 Å². The molecule has 0 saturated heterocycles. The first-order chi connectivity index (χ1) is 10.8. The lowest BCUT2D eigenvalue weighted by Crippen LogP contribution is -2.25. The van der Waals surface area contributed by atoms with Gasteiger partial charge < -0.3 is 4.90 Å². The lowest BCUT2D eigenvalue weighted by atomic mass is 10.1. The molecule has 0 unspecified atom stereocenters. The van der Waals surface area contributed by atoms with E-state index in [9.17, 15) is 0 Å². The summed E-state index contributed by atoms with van der Waals surface area (Å²) >= 11 is 6.09. The van der Waals surface area contributed by atoms with Gasteiger partial charge in [0.05, 0.1) is 17.8 Å². The van der Waals surface area contributed by atoms with Gasteiger partial charge in [0.25, 0.3) is 0 Å². The summed E-state index contributed by atoms with van der Waals surface area (Å²) < 4.78 is 0. The van der Waals surface area contributed by atoms with E-state index in [4.69, 9.17) is 11.6 Å². The number of pyridine rings is 2. The molecular weight excluding hydrogens is 294 g/mol. The number of benzene rings is 1. The van der Waals surface area contributed by atoms with Crippen LogP contribution in [0, 0.1) is 0 Å². The molecule has 0 radical (unpaired) electrons. The Morgan fingerprint density at radius 2 is 1.95 bits per heavy atom. The van der Waals surface area contributed by atoms with Crippen LogP contribution in [0.2, 0.25) is 5.02 Å². The Morgan fingerprint density at radius 3 is 2.73 bits per heavy atom. The minimum absolute atomic E-state index is 0.600. The summed E-state index contributed by atoms with van der Waals surface area (Å²) in [5.41, 5.74) is 3.25. The van der Waals surface area contributed by atoms with Crippen molar-refractivity contribution in [2.45, 2.75) is 25.4 Å². The van der Waals surface area contributed by atoms with Crippen LogP contribution in [-0.4, -0.2) is 16.0 Å². The molecule has 110 valence electrons.